The summed E-state index contributed by atoms with van der Waals surface area (Å²) in [5, 5.41) is 8.87. The van der Waals surface area contributed by atoms with E-state index in [1.54, 1.807) is 0 Å². The number of anilines is 1. The first kappa shape index (κ1) is 17.9. The molecule has 0 aliphatic carbocycles. The molecule has 0 radical (unpaired) electrons. The van der Waals surface area contributed by atoms with Crippen LogP contribution in [0.4, 0.5) is 5.82 Å². The second-order valence-electron chi connectivity index (χ2n) is 7.76. The molecule has 7 nitrogen and oxygen atoms in total. The maximum absolute atomic E-state index is 4.89. The summed E-state index contributed by atoms with van der Waals surface area (Å²) in [6.45, 7) is 9.03. The van der Waals surface area contributed by atoms with Gasteiger partial charge >= 0.3 is 0 Å². The van der Waals surface area contributed by atoms with Crippen LogP contribution in [0.1, 0.15) is 25.2 Å². The zero-order chi connectivity index (χ0) is 18.8. The summed E-state index contributed by atoms with van der Waals surface area (Å²) in [5.41, 5.74) is 2.83. The van der Waals surface area contributed by atoms with Crippen LogP contribution in [-0.2, 0) is 13.0 Å². The number of nitrogens with zero attached hydrogens (tertiary/aromatic N) is 7. The predicted octanol–water partition coefficient (Wildman–Crippen LogP) is 2.22. The molecule has 1 saturated heterocycles. The lowest BCUT2D eigenvalue weighted by Gasteiger charge is -2.33. The minimum atomic E-state index is 0.501. The molecular formula is C20H27N7. The van der Waals surface area contributed by atoms with Crippen molar-refractivity contribution in [2.75, 3.05) is 38.1 Å². The van der Waals surface area contributed by atoms with Crippen molar-refractivity contribution in [1.82, 2.24) is 29.9 Å². The van der Waals surface area contributed by atoms with Gasteiger partial charge in [-0.25, -0.2) is 14.6 Å². The van der Waals surface area contributed by atoms with Gasteiger partial charge in [-0.3, -0.25) is 0 Å². The van der Waals surface area contributed by atoms with Crippen molar-refractivity contribution in [1.29, 1.82) is 0 Å². The van der Waals surface area contributed by atoms with Gasteiger partial charge in [-0.15, -0.1) is 5.10 Å². The topological polar surface area (TPSA) is 63.0 Å². The van der Waals surface area contributed by atoms with Gasteiger partial charge in [-0.2, -0.15) is 0 Å². The molecule has 142 valence electrons. The van der Waals surface area contributed by atoms with E-state index in [-0.39, 0.29) is 0 Å². The van der Waals surface area contributed by atoms with Crippen LogP contribution < -0.4 is 4.90 Å². The van der Waals surface area contributed by atoms with Crippen LogP contribution in [0.25, 0.3) is 11.2 Å². The van der Waals surface area contributed by atoms with Crippen LogP contribution in [-0.4, -0.2) is 63.1 Å². The van der Waals surface area contributed by atoms with Crippen LogP contribution in [0.15, 0.2) is 30.3 Å². The number of benzene rings is 1. The van der Waals surface area contributed by atoms with Gasteiger partial charge in [0.15, 0.2) is 17.0 Å². The van der Waals surface area contributed by atoms with Gasteiger partial charge in [0.05, 0.1) is 6.54 Å². The zero-order valence-electron chi connectivity index (χ0n) is 16.3. The van der Waals surface area contributed by atoms with Crippen molar-refractivity contribution in [2.45, 2.75) is 26.8 Å². The van der Waals surface area contributed by atoms with Crippen molar-refractivity contribution in [3.8, 4) is 0 Å². The molecule has 1 fully saturated rings. The van der Waals surface area contributed by atoms with E-state index in [0.29, 0.717) is 12.5 Å². The second-order valence-corrected chi connectivity index (χ2v) is 7.76. The van der Waals surface area contributed by atoms with Crippen molar-refractivity contribution in [3.05, 3.63) is 41.7 Å². The van der Waals surface area contributed by atoms with Crippen molar-refractivity contribution in [3.63, 3.8) is 0 Å². The molecule has 2 aromatic heterocycles. The maximum Gasteiger partial charge on any atom is 0.184 e. The fourth-order valence-corrected chi connectivity index (χ4v) is 3.44. The number of fused-ring (bicyclic) bond motifs is 1. The lowest BCUT2D eigenvalue weighted by molar-refractivity contribution is 0.312. The number of aromatic nitrogens is 5. The van der Waals surface area contributed by atoms with Crippen LogP contribution in [0.3, 0.4) is 0 Å². The molecule has 0 unspecified atom stereocenters. The molecule has 0 amide bonds. The smallest absolute Gasteiger partial charge is 0.184 e. The molecule has 7 heteroatoms. The second kappa shape index (κ2) is 7.60. The Morgan fingerprint density at radius 3 is 2.44 bits per heavy atom. The first-order valence-electron chi connectivity index (χ1n) is 9.67. The highest BCUT2D eigenvalue weighted by atomic mass is 15.5. The van der Waals surface area contributed by atoms with Gasteiger partial charge in [-0.05, 0) is 18.5 Å². The zero-order valence-corrected chi connectivity index (χ0v) is 16.3. The summed E-state index contributed by atoms with van der Waals surface area (Å²) in [6.07, 6.45) is 0.854. The van der Waals surface area contributed by atoms with E-state index < -0.39 is 0 Å². The van der Waals surface area contributed by atoms with Gasteiger partial charge in [0, 0.05) is 32.6 Å². The molecule has 0 spiro atoms. The summed E-state index contributed by atoms with van der Waals surface area (Å²) < 4.78 is 1.90. The molecule has 1 aliphatic rings. The van der Waals surface area contributed by atoms with Gasteiger partial charge in [0.1, 0.15) is 5.82 Å². The standard InChI is InChI=1S/C20H27N7/c1-15(2)13-17-21-19(26-11-9-25(3)10-12-26)18-20(22-17)27(24-23-18)14-16-7-5-4-6-8-16/h4-8,15H,9-14H2,1-3H3. The molecule has 0 bridgehead atoms. The highest BCUT2D eigenvalue weighted by Gasteiger charge is 2.22. The third-order valence-corrected chi connectivity index (χ3v) is 4.96. The molecule has 4 rings (SSSR count). The van der Waals surface area contributed by atoms with Crippen molar-refractivity contribution >= 4 is 17.0 Å². The van der Waals surface area contributed by atoms with Crippen molar-refractivity contribution in [2.24, 2.45) is 5.92 Å². The Labute approximate surface area is 160 Å². The molecule has 1 aromatic carbocycles. The highest BCUT2D eigenvalue weighted by molar-refractivity contribution is 5.83. The Morgan fingerprint density at radius 1 is 1.00 bits per heavy atom. The number of rotatable bonds is 5. The molecule has 0 saturated carbocycles. The monoisotopic (exact) mass is 365 g/mol. The Hall–Kier alpha value is -2.54. The average molecular weight is 365 g/mol. The maximum atomic E-state index is 4.89. The quantitative estimate of drug-likeness (QED) is 0.691. The fraction of sp³-hybridized carbons (Fsp3) is 0.500. The SMILES string of the molecule is CC(C)Cc1nc(N2CCN(C)CC2)c2nnn(Cc3ccccc3)c2n1. The van der Waals surface area contributed by atoms with Gasteiger partial charge in [-0.1, -0.05) is 49.4 Å². The minimum absolute atomic E-state index is 0.501. The Kier molecular flexibility index (Phi) is 5.03. The fourth-order valence-electron chi connectivity index (χ4n) is 3.44. The summed E-state index contributed by atoms with van der Waals surface area (Å²) in [4.78, 5) is 14.4. The summed E-state index contributed by atoms with van der Waals surface area (Å²) >= 11 is 0. The van der Waals surface area contributed by atoms with Gasteiger partial charge < -0.3 is 9.80 Å². The normalized spacial score (nSPS) is 15.8. The minimum Gasteiger partial charge on any atom is -0.352 e. The number of likely N-dealkylation sites (N-methyl/N-ethyl adjacent to an activating group) is 1. The number of hydrogen-bond donors (Lipinski definition) is 0. The van der Waals surface area contributed by atoms with E-state index in [2.05, 4.69) is 53.1 Å². The third-order valence-electron chi connectivity index (χ3n) is 4.96. The first-order valence-corrected chi connectivity index (χ1v) is 9.67. The Morgan fingerprint density at radius 2 is 1.74 bits per heavy atom. The number of hydrogen-bond acceptors (Lipinski definition) is 6. The van der Waals surface area contributed by atoms with Gasteiger partial charge in [0.2, 0.25) is 0 Å². The molecule has 0 N–H and O–H groups in total. The summed E-state index contributed by atoms with van der Waals surface area (Å²) in [5.74, 6) is 2.31. The molecule has 3 heterocycles. The summed E-state index contributed by atoms with van der Waals surface area (Å²) in [6, 6.07) is 10.3. The van der Waals surface area contributed by atoms with Crippen LogP contribution in [0.5, 0.6) is 0 Å². The van der Waals surface area contributed by atoms with E-state index in [1.807, 2.05) is 22.9 Å². The van der Waals surface area contributed by atoms with Crippen LogP contribution in [0.2, 0.25) is 0 Å². The largest absolute Gasteiger partial charge is 0.352 e. The van der Waals surface area contributed by atoms with E-state index in [1.165, 1.54) is 5.56 Å². The van der Waals surface area contributed by atoms with E-state index >= 15 is 0 Å². The lowest BCUT2D eigenvalue weighted by Crippen LogP contribution is -2.45. The predicted molar refractivity (Wildman–Crippen MR) is 107 cm³/mol. The van der Waals surface area contributed by atoms with Crippen molar-refractivity contribution < 1.29 is 0 Å². The van der Waals surface area contributed by atoms with E-state index in [4.69, 9.17) is 9.97 Å². The molecule has 3 aromatic rings. The van der Waals surface area contributed by atoms with E-state index in [0.717, 1.165) is 55.4 Å². The van der Waals surface area contributed by atoms with E-state index in [9.17, 15) is 0 Å². The highest BCUT2D eigenvalue weighted by Crippen LogP contribution is 2.24. The Balaban J connectivity index is 1.75. The molecule has 27 heavy (non-hydrogen) atoms. The number of piperazine rings is 1. The molecule has 1 aliphatic heterocycles. The average Bonchev–Trinajstić information content (AvgIpc) is 3.05. The third kappa shape index (κ3) is 3.93. The lowest BCUT2D eigenvalue weighted by atomic mass is 10.1. The van der Waals surface area contributed by atoms with Crippen LogP contribution >= 0.6 is 0 Å². The Bertz CT molecular complexity index is 895. The molecular weight excluding hydrogens is 338 g/mol. The summed E-state index contributed by atoms with van der Waals surface area (Å²) in [7, 11) is 2.16. The van der Waals surface area contributed by atoms with Gasteiger partial charge in [0.25, 0.3) is 0 Å². The molecule has 0 atom stereocenters. The van der Waals surface area contributed by atoms with Crippen LogP contribution in [0, 0.1) is 5.92 Å². The first-order chi connectivity index (χ1) is 13.1.